The summed E-state index contributed by atoms with van der Waals surface area (Å²) in [5.74, 6) is 0.719. The lowest BCUT2D eigenvalue weighted by molar-refractivity contribution is 1.19. The Labute approximate surface area is 345 Å². The molecule has 2 heterocycles. The molecule has 0 fully saturated rings. The van der Waals surface area contributed by atoms with E-state index in [1.165, 1.54) is 85.5 Å². The van der Waals surface area contributed by atoms with E-state index in [1.807, 2.05) is 17.4 Å². The van der Waals surface area contributed by atoms with Crippen LogP contribution in [0.2, 0.25) is 0 Å². The molecule has 0 spiro atoms. The summed E-state index contributed by atoms with van der Waals surface area (Å²) in [5.41, 5.74) is 9.98. The van der Waals surface area contributed by atoms with Crippen molar-refractivity contribution in [1.29, 1.82) is 0 Å². The van der Waals surface area contributed by atoms with Crippen LogP contribution in [0.4, 0.5) is 0 Å². The topological polar surface area (TPSA) is 25.8 Å². The normalized spacial score (nSPS) is 11.7. The van der Waals surface area contributed by atoms with E-state index in [9.17, 15) is 0 Å². The Hall–Kier alpha value is -7.46. The summed E-state index contributed by atoms with van der Waals surface area (Å²) in [6.45, 7) is 0. The van der Waals surface area contributed by atoms with Gasteiger partial charge in [-0.05, 0) is 89.6 Å². The van der Waals surface area contributed by atoms with Gasteiger partial charge in [-0.3, -0.25) is 0 Å². The molecule has 0 aliphatic carbocycles. The van der Waals surface area contributed by atoms with Crippen LogP contribution in [0.25, 0.3) is 119 Å². The first kappa shape index (κ1) is 33.7. The highest BCUT2D eigenvalue weighted by Gasteiger charge is 2.20. The lowest BCUT2D eigenvalue weighted by atomic mass is 9.83. The molecule has 0 aliphatic heterocycles. The van der Waals surface area contributed by atoms with Gasteiger partial charge in [0.1, 0.15) is 0 Å². The third-order valence-corrected chi connectivity index (χ3v) is 13.1. The van der Waals surface area contributed by atoms with Crippen molar-refractivity contribution in [1.82, 2.24) is 9.97 Å². The van der Waals surface area contributed by atoms with Crippen molar-refractivity contribution in [3.05, 3.63) is 206 Å². The molecule has 12 aromatic rings. The van der Waals surface area contributed by atoms with E-state index in [1.54, 1.807) is 0 Å². The number of thiophene rings is 1. The van der Waals surface area contributed by atoms with E-state index in [0.29, 0.717) is 0 Å². The van der Waals surface area contributed by atoms with Gasteiger partial charge in [-0.1, -0.05) is 182 Å². The largest absolute Gasteiger partial charge is 0.228 e. The second kappa shape index (κ2) is 13.6. The minimum atomic E-state index is 0.719. The van der Waals surface area contributed by atoms with E-state index in [4.69, 9.17) is 9.97 Å². The van der Waals surface area contributed by atoms with Crippen molar-refractivity contribution in [3.8, 4) is 56.2 Å². The van der Waals surface area contributed by atoms with Crippen molar-refractivity contribution in [2.45, 2.75) is 0 Å². The number of fused-ring (bicyclic) bond motifs is 8. The summed E-state index contributed by atoms with van der Waals surface area (Å²) in [4.78, 5) is 10.4. The van der Waals surface area contributed by atoms with Crippen LogP contribution < -0.4 is 0 Å². The fourth-order valence-corrected chi connectivity index (χ4v) is 10.3. The number of benzene rings is 10. The molecule has 59 heavy (non-hydrogen) atoms. The Kier molecular flexibility index (Phi) is 7.75. The third kappa shape index (κ3) is 5.55. The van der Waals surface area contributed by atoms with Gasteiger partial charge in [0.2, 0.25) is 0 Å². The third-order valence-electron chi connectivity index (χ3n) is 11.8. The summed E-state index contributed by atoms with van der Waals surface area (Å²) in [7, 11) is 0. The molecule has 0 saturated carbocycles. The van der Waals surface area contributed by atoms with E-state index >= 15 is 0 Å². The molecule has 12 rings (SSSR count). The molecule has 3 heteroatoms. The molecular formula is C56H34N2S. The highest BCUT2D eigenvalue weighted by molar-refractivity contribution is 7.26. The van der Waals surface area contributed by atoms with Crippen LogP contribution in [0.5, 0.6) is 0 Å². The molecule has 0 atom stereocenters. The average molecular weight is 767 g/mol. The molecule has 0 N–H and O–H groups in total. The summed E-state index contributed by atoms with van der Waals surface area (Å²) in [6, 6.07) is 74.6. The molecular weight excluding hydrogens is 733 g/mol. The molecule has 2 nitrogen and oxygen atoms in total. The minimum Gasteiger partial charge on any atom is -0.228 e. The molecule has 274 valence electrons. The van der Waals surface area contributed by atoms with Gasteiger partial charge in [0, 0.05) is 36.9 Å². The molecule has 0 bridgehead atoms. The van der Waals surface area contributed by atoms with Gasteiger partial charge in [0.15, 0.2) is 5.82 Å². The van der Waals surface area contributed by atoms with Crippen LogP contribution in [0.1, 0.15) is 0 Å². The zero-order valence-electron chi connectivity index (χ0n) is 31.9. The first-order chi connectivity index (χ1) is 29.2. The Morgan fingerprint density at radius 2 is 0.915 bits per heavy atom. The first-order valence-corrected chi connectivity index (χ1v) is 20.9. The van der Waals surface area contributed by atoms with Crippen LogP contribution in [0.15, 0.2) is 206 Å². The summed E-state index contributed by atoms with van der Waals surface area (Å²) in [6.07, 6.45) is 0. The predicted octanol–water partition coefficient (Wildman–Crippen LogP) is 15.8. The van der Waals surface area contributed by atoms with Gasteiger partial charge >= 0.3 is 0 Å². The summed E-state index contributed by atoms with van der Waals surface area (Å²) < 4.78 is 2.52. The second-order valence-corrected chi connectivity index (χ2v) is 16.3. The highest BCUT2D eigenvalue weighted by atomic mass is 32.1. The smallest absolute Gasteiger partial charge is 0.160 e. The van der Waals surface area contributed by atoms with Crippen molar-refractivity contribution < 1.29 is 0 Å². The quantitative estimate of drug-likeness (QED) is 0.129. The van der Waals surface area contributed by atoms with E-state index in [2.05, 4.69) is 200 Å². The Morgan fingerprint density at radius 1 is 0.322 bits per heavy atom. The van der Waals surface area contributed by atoms with Gasteiger partial charge in [0.05, 0.1) is 11.4 Å². The van der Waals surface area contributed by atoms with E-state index in [0.717, 1.165) is 33.9 Å². The van der Waals surface area contributed by atoms with Crippen LogP contribution in [0.3, 0.4) is 0 Å². The van der Waals surface area contributed by atoms with Gasteiger partial charge in [-0.2, -0.15) is 0 Å². The monoisotopic (exact) mass is 766 g/mol. The van der Waals surface area contributed by atoms with Crippen LogP contribution >= 0.6 is 11.3 Å². The first-order valence-electron chi connectivity index (χ1n) is 20.1. The maximum absolute atomic E-state index is 5.22. The van der Waals surface area contributed by atoms with Gasteiger partial charge in [0.25, 0.3) is 0 Å². The fraction of sp³-hybridized carbons (Fsp3) is 0. The number of hydrogen-bond acceptors (Lipinski definition) is 3. The molecule has 2 aromatic heterocycles. The maximum atomic E-state index is 5.22. The number of nitrogens with zero attached hydrogens (tertiary/aromatic N) is 2. The molecule has 0 radical (unpaired) electrons. The van der Waals surface area contributed by atoms with Crippen LogP contribution in [-0.2, 0) is 0 Å². The predicted molar refractivity (Wildman–Crippen MR) is 252 cm³/mol. The van der Waals surface area contributed by atoms with Crippen molar-refractivity contribution in [2.75, 3.05) is 0 Å². The lowest BCUT2D eigenvalue weighted by Crippen LogP contribution is -1.96. The van der Waals surface area contributed by atoms with E-state index < -0.39 is 0 Å². The van der Waals surface area contributed by atoms with Gasteiger partial charge in [-0.15, -0.1) is 11.3 Å². The number of aromatic nitrogens is 2. The minimum absolute atomic E-state index is 0.719. The lowest BCUT2D eigenvalue weighted by Gasteiger charge is -2.19. The SMILES string of the molecule is c1ccc(-c2nc(-c3ccc4cc(-c5c6ccccc6c(-c6ccccc6)c6ccc7ccccc7c56)ccc4c3)cc(-c3cccc4c3sc3ccccc34)n2)cc1. The number of hydrogen-bond donors (Lipinski definition) is 0. The average Bonchev–Trinajstić information content (AvgIpc) is 3.70. The highest BCUT2D eigenvalue weighted by Crippen LogP contribution is 2.47. The van der Waals surface area contributed by atoms with Crippen molar-refractivity contribution in [2.24, 2.45) is 0 Å². The Morgan fingerprint density at radius 3 is 1.71 bits per heavy atom. The second-order valence-electron chi connectivity index (χ2n) is 15.3. The van der Waals surface area contributed by atoms with Crippen molar-refractivity contribution in [3.63, 3.8) is 0 Å². The molecule has 0 saturated heterocycles. The fourth-order valence-electron chi connectivity index (χ4n) is 9.12. The molecule has 10 aromatic carbocycles. The summed E-state index contributed by atoms with van der Waals surface area (Å²) >= 11 is 1.83. The van der Waals surface area contributed by atoms with Gasteiger partial charge in [-0.25, -0.2) is 9.97 Å². The Bertz CT molecular complexity index is 3610. The zero-order chi connectivity index (χ0) is 38.9. The number of rotatable bonds is 5. The molecule has 0 aliphatic rings. The van der Waals surface area contributed by atoms with Crippen LogP contribution in [0, 0.1) is 0 Å². The maximum Gasteiger partial charge on any atom is 0.160 e. The molecule has 0 amide bonds. The summed E-state index contributed by atoms with van der Waals surface area (Å²) in [5, 5.41) is 12.4. The van der Waals surface area contributed by atoms with E-state index in [-0.39, 0.29) is 0 Å². The van der Waals surface area contributed by atoms with Crippen molar-refractivity contribution >= 4 is 74.6 Å². The van der Waals surface area contributed by atoms with Crippen LogP contribution in [-0.4, -0.2) is 9.97 Å². The standard InChI is InChI=1S/C56H34N2S/c1-3-15-36(16-4-1)52-44-21-9-10-22-45(44)53(54-42-19-8-7-14-35(42)30-31-48(52)54)41-29-27-38-32-40(28-26-39(38)33-41)49-34-50(58-56(57-49)37-17-5-2-6-18-37)47-24-13-23-46-43-20-11-12-25-51(43)59-55(46)47/h1-34H. The Balaban J connectivity index is 1.05. The zero-order valence-corrected chi connectivity index (χ0v) is 32.7. The van der Waals surface area contributed by atoms with Gasteiger partial charge < -0.3 is 0 Å². The molecule has 0 unspecified atom stereocenters.